The van der Waals surface area contributed by atoms with Crippen LogP contribution in [0.2, 0.25) is 0 Å². The molecule has 17 heavy (non-hydrogen) atoms. The van der Waals surface area contributed by atoms with Gasteiger partial charge in [-0.3, -0.25) is 0 Å². The van der Waals surface area contributed by atoms with Crippen molar-refractivity contribution in [3.63, 3.8) is 0 Å². The van der Waals surface area contributed by atoms with E-state index >= 15 is 0 Å². The van der Waals surface area contributed by atoms with Crippen LogP contribution in [0.4, 0.5) is 5.95 Å². The first kappa shape index (κ1) is 11.9. The zero-order chi connectivity index (χ0) is 12.1. The van der Waals surface area contributed by atoms with Crippen molar-refractivity contribution in [1.82, 2.24) is 15.0 Å². The van der Waals surface area contributed by atoms with Crippen LogP contribution in [-0.2, 0) is 6.54 Å². The summed E-state index contributed by atoms with van der Waals surface area (Å²) in [5, 5.41) is 0. The van der Waals surface area contributed by atoms with Gasteiger partial charge in [-0.15, -0.1) is 11.8 Å². The molecule has 0 saturated heterocycles. The molecule has 0 aliphatic heterocycles. The van der Waals surface area contributed by atoms with Gasteiger partial charge in [-0.05, 0) is 24.0 Å². The van der Waals surface area contributed by atoms with Crippen molar-refractivity contribution < 1.29 is 0 Å². The Balaban J connectivity index is 2.10. The molecule has 0 atom stereocenters. The van der Waals surface area contributed by atoms with Gasteiger partial charge in [0.1, 0.15) is 12.7 Å². The molecule has 1 aromatic heterocycles. The lowest BCUT2D eigenvalue weighted by Gasteiger charge is -2.16. The summed E-state index contributed by atoms with van der Waals surface area (Å²) in [5.74, 6) is 0.689. The molecule has 5 heteroatoms. The summed E-state index contributed by atoms with van der Waals surface area (Å²) in [6, 6.07) is 8.47. The van der Waals surface area contributed by atoms with Gasteiger partial charge in [0, 0.05) is 18.5 Å². The number of thioether (sulfide) groups is 1. The summed E-state index contributed by atoms with van der Waals surface area (Å²) >= 11 is 1.75. The van der Waals surface area contributed by atoms with Gasteiger partial charge in [-0.25, -0.2) is 15.0 Å². The van der Waals surface area contributed by atoms with Crippen LogP contribution in [0.25, 0.3) is 0 Å². The summed E-state index contributed by atoms with van der Waals surface area (Å²) in [6.45, 7) is 0.790. The zero-order valence-corrected chi connectivity index (χ0v) is 10.7. The topological polar surface area (TPSA) is 41.9 Å². The Labute approximate surface area is 105 Å². The van der Waals surface area contributed by atoms with Crippen LogP contribution in [0.3, 0.4) is 0 Å². The molecule has 0 amide bonds. The highest BCUT2D eigenvalue weighted by Crippen LogP contribution is 2.17. The number of aromatic nitrogens is 3. The Bertz CT molecular complexity index is 475. The Morgan fingerprint density at radius 3 is 2.71 bits per heavy atom. The SMILES string of the molecule is CSc1cccc(CN(C)c2ncncn2)c1. The summed E-state index contributed by atoms with van der Waals surface area (Å²) in [7, 11) is 1.97. The molecular formula is C12H14N4S. The second-order valence-corrected chi connectivity index (χ2v) is 4.53. The van der Waals surface area contributed by atoms with Crippen LogP contribution in [-0.4, -0.2) is 28.3 Å². The van der Waals surface area contributed by atoms with E-state index in [0.717, 1.165) is 6.54 Å². The van der Waals surface area contributed by atoms with Crippen LogP contribution in [0.1, 0.15) is 5.56 Å². The molecule has 88 valence electrons. The monoisotopic (exact) mass is 246 g/mol. The number of hydrogen-bond acceptors (Lipinski definition) is 5. The largest absolute Gasteiger partial charge is 0.339 e. The average molecular weight is 246 g/mol. The van der Waals surface area contributed by atoms with E-state index in [1.165, 1.54) is 23.1 Å². The van der Waals surface area contributed by atoms with Gasteiger partial charge in [0.2, 0.25) is 5.95 Å². The highest BCUT2D eigenvalue weighted by atomic mass is 32.2. The van der Waals surface area contributed by atoms with Crippen LogP contribution in [0.15, 0.2) is 41.8 Å². The fourth-order valence-corrected chi connectivity index (χ4v) is 2.03. The average Bonchev–Trinajstić information content (AvgIpc) is 2.40. The number of anilines is 1. The third-order valence-electron chi connectivity index (χ3n) is 2.38. The lowest BCUT2D eigenvalue weighted by molar-refractivity contribution is 0.850. The molecule has 1 aromatic carbocycles. The third-order valence-corrected chi connectivity index (χ3v) is 3.10. The van der Waals surface area contributed by atoms with Crippen molar-refractivity contribution in [1.29, 1.82) is 0 Å². The van der Waals surface area contributed by atoms with Gasteiger partial charge in [0.15, 0.2) is 0 Å². The first-order valence-electron chi connectivity index (χ1n) is 5.25. The van der Waals surface area contributed by atoms with E-state index in [-0.39, 0.29) is 0 Å². The van der Waals surface area contributed by atoms with Crippen LogP contribution in [0.5, 0.6) is 0 Å². The van der Waals surface area contributed by atoms with Gasteiger partial charge >= 0.3 is 0 Å². The maximum Gasteiger partial charge on any atom is 0.228 e. The van der Waals surface area contributed by atoms with Crippen molar-refractivity contribution >= 4 is 17.7 Å². The number of rotatable bonds is 4. The zero-order valence-electron chi connectivity index (χ0n) is 9.87. The van der Waals surface area contributed by atoms with E-state index in [4.69, 9.17) is 0 Å². The summed E-state index contributed by atoms with van der Waals surface area (Å²) in [6.07, 6.45) is 5.10. The van der Waals surface area contributed by atoms with Crippen LogP contribution in [0, 0.1) is 0 Å². The van der Waals surface area contributed by atoms with Gasteiger partial charge in [-0.2, -0.15) is 0 Å². The van der Waals surface area contributed by atoms with E-state index < -0.39 is 0 Å². The Kier molecular flexibility index (Phi) is 3.93. The fraction of sp³-hybridized carbons (Fsp3) is 0.250. The van der Waals surface area contributed by atoms with Crippen molar-refractivity contribution in [2.45, 2.75) is 11.4 Å². The maximum absolute atomic E-state index is 4.12. The van der Waals surface area contributed by atoms with Gasteiger partial charge in [-0.1, -0.05) is 12.1 Å². The smallest absolute Gasteiger partial charge is 0.228 e. The van der Waals surface area contributed by atoms with E-state index in [2.05, 4.69) is 45.5 Å². The molecule has 0 radical (unpaired) electrons. The van der Waals surface area contributed by atoms with Crippen molar-refractivity contribution in [3.8, 4) is 0 Å². The third kappa shape index (κ3) is 3.17. The minimum absolute atomic E-state index is 0.689. The van der Waals surface area contributed by atoms with E-state index in [9.17, 15) is 0 Å². The second kappa shape index (κ2) is 5.63. The Morgan fingerprint density at radius 2 is 2.00 bits per heavy atom. The standard InChI is InChI=1S/C12H14N4S/c1-16(12-14-8-13-9-15-12)7-10-4-3-5-11(6-10)17-2/h3-6,8-9H,7H2,1-2H3. The van der Waals surface area contributed by atoms with Crippen LogP contribution < -0.4 is 4.90 Å². The van der Waals surface area contributed by atoms with Gasteiger partial charge in [0.25, 0.3) is 0 Å². The fourth-order valence-electron chi connectivity index (χ4n) is 1.55. The van der Waals surface area contributed by atoms with Gasteiger partial charge in [0.05, 0.1) is 0 Å². The Hall–Kier alpha value is -1.62. The first-order valence-corrected chi connectivity index (χ1v) is 6.48. The number of nitrogens with zero attached hydrogens (tertiary/aromatic N) is 4. The molecule has 2 rings (SSSR count). The molecule has 0 spiro atoms. The Morgan fingerprint density at radius 1 is 1.24 bits per heavy atom. The molecule has 0 saturated carbocycles. The summed E-state index contributed by atoms with van der Waals surface area (Å²) in [5.41, 5.74) is 1.25. The number of benzene rings is 1. The molecule has 1 heterocycles. The molecule has 0 unspecified atom stereocenters. The minimum atomic E-state index is 0.689. The summed E-state index contributed by atoms with van der Waals surface area (Å²) < 4.78 is 0. The lowest BCUT2D eigenvalue weighted by Crippen LogP contribution is -2.19. The van der Waals surface area contributed by atoms with E-state index in [1.807, 2.05) is 11.9 Å². The minimum Gasteiger partial charge on any atom is -0.339 e. The van der Waals surface area contributed by atoms with Crippen molar-refractivity contribution in [2.75, 3.05) is 18.2 Å². The van der Waals surface area contributed by atoms with Gasteiger partial charge < -0.3 is 4.90 Å². The van der Waals surface area contributed by atoms with Crippen LogP contribution >= 0.6 is 11.8 Å². The summed E-state index contributed by atoms with van der Waals surface area (Å²) in [4.78, 5) is 15.3. The molecule has 0 aliphatic rings. The van der Waals surface area contributed by atoms with E-state index in [1.54, 1.807) is 11.8 Å². The number of hydrogen-bond donors (Lipinski definition) is 0. The molecule has 2 aromatic rings. The quantitative estimate of drug-likeness (QED) is 0.774. The van der Waals surface area contributed by atoms with Crippen molar-refractivity contribution in [3.05, 3.63) is 42.5 Å². The molecule has 0 aliphatic carbocycles. The highest BCUT2D eigenvalue weighted by Gasteiger charge is 2.04. The lowest BCUT2D eigenvalue weighted by atomic mass is 10.2. The molecular weight excluding hydrogens is 232 g/mol. The highest BCUT2D eigenvalue weighted by molar-refractivity contribution is 7.98. The molecule has 0 bridgehead atoms. The molecule has 4 nitrogen and oxygen atoms in total. The maximum atomic E-state index is 4.12. The first-order chi connectivity index (χ1) is 8.29. The normalized spacial score (nSPS) is 10.2. The van der Waals surface area contributed by atoms with E-state index in [0.29, 0.717) is 5.95 Å². The molecule has 0 N–H and O–H groups in total. The predicted octanol–water partition coefficient (Wildman–Crippen LogP) is 2.23. The van der Waals surface area contributed by atoms with Crippen molar-refractivity contribution in [2.24, 2.45) is 0 Å². The predicted molar refractivity (Wildman–Crippen MR) is 70.2 cm³/mol. The molecule has 0 fully saturated rings. The second-order valence-electron chi connectivity index (χ2n) is 3.65.